The summed E-state index contributed by atoms with van der Waals surface area (Å²) in [6.07, 6.45) is 1.78. The molecule has 214 valence electrons. The lowest BCUT2D eigenvalue weighted by Crippen LogP contribution is -2.70. The number of carbonyl (C=O) groups is 3. The minimum atomic E-state index is -0.846. The van der Waals surface area contributed by atoms with Crippen LogP contribution in [0, 0.1) is 0 Å². The van der Waals surface area contributed by atoms with E-state index in [4.69, 9.17) is 0 Å². The summed E-state index contributed by atoms with van der Waals surface area (Å²) in [6.45, 7) is 5.01. The first-order valence-electron chi connectivity index (χ1n) is 13.8. The standard InChI is InChI=1S/C32H37N5O4/c1-2-18-33-22-30(39)37-28(20-25-13-15-27(38)16-14-25)31(40)36(19-17-24-9-5-3-6-10-24)23-29(37)35-32(41)34-21-26-11-7-4-8-12-26/h2-16,28-29,33,38H,1,17-23H2,(H2,34,35,41)/t28-,29+/m0/s1. The van der Waals surface area contributed by atoms with Crippen LogP contribution in [0.2, 0.25) is 0 Å². The third-order valence-electron chi connectivity index (χ3n) is 6.99. The van der Waals surface area contributed by atoms with Crippen molar-refractivity contribution in [1.82, 2.24) is 25.8 Å². The number of phenols is 1. The SMILES string of the molecule is C=CCNCC(=O)N1[C@@H](NC(=O)NCc2ccccc2)CN(CCc2ccccc2)C(=O)[C@@H]1Cc1ccc(O)cc1. The van der Waals surface area contributed by atoms with Crippen LogP contribution >= 0.6 is 0 Å². The van der Waals surface area contributed by atoms with E-state index < -0.39 is 18.2 Å². The Hall–Kier alpha value is -4.63. The van der Waals surface area contributed by atoms with Crippen LogP contribution in [0.15, 0.2) is 97.6 Å². The molecule has 3 aromatic carbocycles. The molecule has 9 heteroatoms. The Kier molecular flexibility index (Phi) is 10.5. The van der Waals surface area contributed by atoms with E-state index in [0.717, 1.165) is 16.7 Å². The first-order chi connectivity index (χ1) is 19.9. The molecule has 3 aromatic rings. The number of urea groups is 1. The van der Waals surface area contributed by atoms with Crippen LogP contribution in [0.4, 0.5) is 4.79 Å². The van der Waals surface area contributed by atoms with E-state index in [9.17, 15) is 19.5 Å². The Morgan fingerprint density at radius 3 is 2.24 bits per heavy atom. The number of hydrogen-bond acceptors (Lipinski definition) is 5. The number of aromatic hydroxyl groups is 1. The van der Waals surface area contributed by atoms with Gasteiger partial charge < -0.3 is 30.9 Å². The maximum atomic E-state index is 13.9. The number of nitrogens with one attached hydrogen (secondary N) is 3. The second-order valence-electron chi connectivity index (χ2n) is 9.96. The highest BCUT2D eigenvalue weighted by atomic mass is 16.3. The number of piperazine rings is 1. The third kappa shape index (κ3) is 8.43. The van der Waals surface area contributed by atoms with Gasteiger partial charge in [0.1, 0.15) is 18.0 Å². The molecular weight excluding hydrogens is 518 g/mol. The van der Waals surface area contributed by atoms with Gasteiger partial charge in [0.15, 0.2) is 0 Å². The van der Waals surface area contributed by atoms with Crippen molar-refractivity contribution in [1.29, 1.82) is 0 Å². The Morgan fingerprint density at radius 2 is 1.59 bits per heavy atom. The van der Waals surface area contributed by atoms with Crippen molar-refractivity contribution in [3.63, 3.8) is 0 Å². The molecule has 1 heterocycles. The van der Waals surface area contributed by atoms with Gasteiger partial charge >= 0.3 is 6.03 Å². The molecule has 41 heavy (non-hydrogen) atoms. The number of phenolic OH excluding ortho intramolecular Hbond substituents is 1. The number of hydrogen-bond donors (Lipinski definition) is 4. The normalized spacial score (nSPS) is 16.7. The second-order valence-corrected chi connectivity index (χ2v) is 9.96. The quantitative estimate of drug-likeness (QED) is 0.203. The molecule has 4 amide bonds. The number of amides is 4. The fourth-order valence-corrected chi connectivity index (χ4v) is 4.90. The highest BCUT2D eigenvalue weighted by Gasteiger charge is 2.43. The molecule has 2 atom stereocenters. The lowest BCUT2D eigenvalue weighted by atomic mass is 9.99. The lowest BCUT2D eigenvalue weighted by Gasteiger charge is -2.46. The van der Waals surface area contributed by atoms with Crippen molar-refractivity contribution < 1.29 is 19.5 Å². The van der Waals surface area contributed by atoms with Gasteiger partial charge in [-0.1, -0.05) is 78.9 Å². The zero-order valence-electron chi connectivity index (χ0n) is 23.0. The van der Waals surface area contributed by atoms with Gasteiger partial charge in [-0.25, -0.2) is 4.79 Å². The summed E-state index contributed by atoms with van der Waals surface area (Å²) >= 11 is 0. The van der Waals surface area contributed by atoms with Crippen LogP contribution in [0.5, 0.6) is 5.75 Å². The fourth-order valence-electron chi connectivity index (χ4n) is 4.90. The molecule has 0 aliphatic carbocycles. The zero-order valence-corrected chi connectivity index (χ0v) is 23.0. The Bertz CT molecular complexity index is 1300. The van der Waals surface area contributed by atoms with Crippen molar-refractivity contribution in [2.75, 3.05) is 26.2 Å². The van der Waals surface area contributed by atoms with E-state index in [1.165, 1.54) is 4.90 Å². The Labute approximate surface area is 240 Å². The summed E-state index contributed by atoms with van der Waals surface area (Å²) in [5.74, 6) is -0.377. The zero-order chi connectivity index (χ0) is 29.0. The van der Waals surface area contributed by atoms with Crippen LogP contribution in [-0.4, -0.2) is 71.1 Å². The summed E-state index contributed by atoms with van der Waals surface area (Å²) < 4.78 is 0. The third-order valence-corrected chi connectivity index (χ3v) is 6.99. The van der Waals surface area contributed by atoms with E-state index in [1.807, 2.05) is 60.7 Å². The van der Waals surface area contributed by atoms with Crippen molar-refractivity contribution >= 4 is 17.8 Å². The summed E-state index contributed by atoms with van der Waals surface area (Å²) in [5, 5.41) is 18.6. The van der Waals surface area contributed by atoms with Crippen LogP contribution in [0.25, 0.3) is 0 Å². The van der Waals surface area contributed by atoms with Gasteiger partial charge in [-0.3, -0.25) is 9.59 Å². The Balaban J connectivity index is 1.58. The van der Waals surface area contributed by atoms with Crippen LogP contribution in [0.3, 0.4) is 0 Å². The minimum absolute atomic E-state index is 0.0147. The van der Waals surface area contributed by atoms with E-state index in [2.05, 4.69) is 22.5 Å². The molecule has 4 N–H and O–H groups in total. The first kappa shape index (κ1) is 29.4. The van der Waals surface area contributed by atoms with E-state index in [-0.39, 0.29) is 37.1 Å². The largest absolute Gasteiger partial charge is 0.508 e. The molecule has 9 nitrogen and oxygen atoms in total. The molecule has 1 aliphatic heterocycles. The average molecular weight is 556 g/mol. The van der Waals surface area contributed by atoms with Gasteiger partial charge in [0, 0.05) is 26.1 Å². The molecule has 0 radical (unpaired) electrons. The average Bonchev–Trinajstić information content (AvgIpc) is 2.99. The molecular formula is C32H37N5O4. The molecule has 1 aliphatic rings. The van der Waals surface area contributed by atoms with Crippen LogP contribution in [-0.2, 0) is 29.0 Å². The molecule has 1 saturated heterocycles. The number of carbonyl (C=O) groups excluding carboxylic acids is 3. The highest BCUT2D eigenvalue weighted by Crippen LogP contribution is 2.22. The summed E-state index contributed by atoms with van der Waals surface area (Å²) in [5.41, 5.74) is 2.82. The van der Waals surface area contributed by atoms with Crippen molar-refractivity contribution in [3.05, 3.63) is 114 Å². The summed E-state index contributed by atoms with van der Waals surface area (Å²) in [6, 6.07) is 24.7. The molecule has 1 fully saturated rings. The van der Waals surface area contributed by atoms with Gasteiger partial charge in [0.25, 0.3) is 0 Å². The molecule has 0 unspecified atom stereocenters. The summed E-state index contributed by atoms with van der Waals surface area (Å²) in [7, 11) is 0. The number of nitrogens with zero attached hydrogens (tertiary/aromatic N) is 2. The molecule has 0 spiro atoms. The van der Waals surface area contributed by atoms with Crippen molar-refractivity contribution in [2.24, 2.45) is 0 Å². The monoisotopic (exact) mass is 555 g/mol. The maximum Gasteiger partial charge on any atom is 0.316 e. The van der Waals surface area contributed by atoms with Crippen LogP contribution in [0.1, 0.15) is 16.7 Å². The molecule has 4 rings (SSSR count). The van der Waals surface area contributed by atoms with Gasteiger partial charge in [0.05, 0.1) is 13.1 Å². The van der Waals surface area contributed by atoms with Gasteiger partial charge in [0.2, 0.25) is 11.8 Å². The maximum absolute atomic E-state index is 13.9. The van der Waals surface area contributed by atoms with Crippen molar-refractivity contribution in [2.45, 2.75) is 31.6 Å². The summed E-state index contributed by atoms with van der Waals surface area (Å²) in [4.78, 5) is 43.8. The second kappa shape index (κ2) is 14.7. The first-order valence-corrected chi connectivity index (χ1v) is 13.8. The molecule has 0 bridgehead atoms. The fraction of sp³-hybridized carbons (Fsp3) is 0.281. The topological polar surface area (TPSA) is 114 Å². The van der Waals surface area contributed by atoms with Crippen molar-refractivity contribution in [3.8, 4) is 5.75 Å². The predicted octanol–water partition coefficient (Wildman–Crippen LogP) is 2.82. The Morgan fingerprint density at radius 1 is 0.927 bits per heavy atom. The lowest BCUT2D eigenvalue weighted by molar-refractivity contribution is -0.156. The van der Waals surface area contributed by atoms with Gasteiger partial charge in [-0.05, 0) is 35.2 Å². The van der Waals surface area contributed by atoms with E-state index in [0.29, 0.717) is 26.1 Å². The predicted molar refractivity (Wildman–Crippen MR) is 158 cm³/mol. The van der Waals surface area contributed by atoms with E-state index in [1.54, 1.807) is 35.2 Å². The minimum Gasteiger partial charge on any atom is -0.508 e. The molecule has 0 saturated carbocycles. The number of benzene rings is 3. The number of rotatable bonds is 12. The molecule has 0 aromatic heterocycles. The highest BCUT2D eigenvalue weighted by molar-refractivity contribution is 5.91. The smallest absolute Gasteiger partial charge is 0.316 e. The van der Waals surface area contributed by atoms with Crippen LogP contribution < -0.4 is 16.0 Å². The van der Waals surface area contributed by atoms with Gasteiger partial charge in [-0.15, -0.1) is 6.58 Å². The van der Waals surface area contributed by atoms with E-state index >= 15 is 0 Å². The van der Waals surface area contributed by atoms with Gasteiger partial charge in [-0.2, -0.15) is 0 Å².